The zero-order valence-electron chi connectivity index (χ0n) is 25.9. The Balaban J connectivity index is 1.58. The normalized spacial score (nSPS) is 19.7. The van der Waals surface area contributed by atoms with Gasteiger partial charge in [-0.05, 0) is 59.9 Å². The fourth-order valence-corrected chi connectivity index (χ4v) is 7.05. The molecule has 3 aliphatic rings. The monoisotopic (exact) mass is 604 g/mol. The molecule has 0 radical (unpaired) electrons. The van der Waals surface area contributed by atoms with E-state index in [0.29, 0.717) is 41.0 Å². The smallest absolute Gasteiger partial charge is 0.262 e. The highest BCUT2D eigenvalue weighted by Gasteiger charge is 2.49. The lowest BCUT2D eigenvalue weighted by Gasteiger charge is -2.49. The SMILES string of the molecule is CCCN1C2=C(C(=O)CC(C)(C)C2)C(c2cc(Cl)c(OCC(=O)Nc3ccccc3)c(OC)c2)C2=C1CC(C)(C)CC2=O. The van der Waals surface area contributed by atoms with Gasteiger partial charge in [0.05, 0.1) is 12.1 Å². The second kappa shape index (κ2) is 11.8. The van der Waals surface area contributed by atoms with Crippen LogP contribution in [0.25, 0.3) is 0 Å². The number of allylic oxidation sites excluding steroid dienone is 4. The molecule has 0 saturated heterocycles. The van der Waals surface area contributed by atoms with Crippen molar-refractivity contribution in [3.63, 3.8) is 0 Å². The molecule has 5 rings (SSSR count). The van der Waals surface area contributed by atoms with Gasteiger partial charge in [0.25, 0.3) is 5.91 Å². The molecule has 0 unspecified atom stereocenters. The summed E-state index contributed by atoms with van der Waals surface area (Å²) in [5, 5.41) is 3.04. The average molecular weight is 605 g/mol. The molecule has 0 aromatic heterocycles. The third-order valence-corrected chi connectivity index (χ3v) is 8.74. The molecular formula is C35H41ClN2O5. The molecule has 43 heavy (non-hydrogen) atoms. The molecular weight excluding hydrogens is 564 g/mol. The summed E-state index contributed by atoms with van der Waals surface area (Å²) < 4.78 is 11.6. The number of ether oxygens (including phenoxy) is 2. The second-order valence-corrected chi connectivity index (χ2v) is 13.8. The van der Waals surface area contributed by atoms with Crippen molar-refractivity contribution < 1.29 is 23.9 Å². The molecule has 1 heterocycles. The molecule has 228 valence electrons. The number of nitrogens with one attached hydrogen (secondary N) is 1. The Kier molecular flexibility index (Phi) is 8.50. The van der Waals surface area contributed by atoms with Crippen LogP contribution in [-0.4, -0.2) is 42.6 Å². The lowest BCUT2D eigenvalue weighted by molar-refractivity contribution is -0.120. The van der Waals surface area contributed by atoms with Gasteiger partial charge in [0, 0.05) is 53.5 Å². The first-order valence-corrected chi connectivity index (χ1v) is 15.4. The Morgan fingerprint density at radius 3 is 2.07 bits per heavy atom. The summed E-state index contributed by atoms with van der Waals surface area (Å²) in [5.74, 6) is -0.194. The maximum absolute atomic E-state index is 14.0. The van der Waals surface area contributed by atoms with Crippen LogP contribution >= 0.6 is 11.6 Å². The van der Waals surface area contributed by atoms with E-state index in [1.54, 1.807) is 24.3 Å². The maximum Gasteiger partial charge on any atom is 0.262 e. The van der Waals surface area contributed by atoms with Crippen molar-refractivity contribution in [1.82, 2.24) is 4.90 Å². The van der Waals surface area contributed by atoms with Crippen LogP contribution in [0.4, 0.5) is 5.69 Å². The summed E-state index contributed by atoms with van der Waals surface area (Å²) in [6, 6.07) is 12.7. The van der Waals surface area contributed by atoms with E-state index in [0.717, 1.165) is 37.2 Å². The van der Waals surface area contributed by atoms with E-state index in [1.165, 1.54) is 7.11 Å². The molecule has 0 atom stereocenters. The van der Waals surface area contributed by atoms with Crippen LogP contribution < -0.4 is 14.8 Å². The van der Waals surface area contributed by atoms with Crippen LogP contribution in [-0.2, 0) is 14.4 Å². The first kappa shape index (κ1) is 30.9. The van der Waals surface area contributed by atoms with E-state index in [-0.39, 0.29) is 45.7 Å². The third kappa shape index (κ3) is 6.23. The van der Waals surface area contributed by atoms with E-state index in [2.05, 4.69) is 44.8 Å². The van der Waals surface area contributed by atoms with Crippen LogP contribution in [0.5, 0.6) is 11.5 Å². The standard InChI is InChI=1S/C35H41ClN2O5/c1-7-13-38-24-16-34(2,3)18-26(39)31(24)30(32-25(38)17-35(4,5)19-27(32)40)21-14-23(36)33(28(15-21)42-6)43-20-29(41)37-22-11-9-8-10-12-22/h8-12,14-15,30H,7,13,16-20H2,1-6H3,(H,37,41). The zero-order chi connectivity index (χ0) is 31.1. The Morgan fingerprint density at radius 1 is 0.953 bits per heavy atom. The number of halogens is 1. The van der Waals surface area contributed by atoms with E-state index in [4.69, 9.17) is 21.1 Å². The molecule has 0 spiro atoms. The van der Waals surface area contributed by atoms with Gasteiger partial charge in [-0.3, -0.25) is 14.4 Å². The van der Waals surface area contributed by atoms with Gasteiger partial charge in [-0.15, -0.1) is 0 Å². The number of methoxy groups -OCH3 is 1. The highest BCUT2D eigenvalue weighted by Crippen LogP contribution is 2.55. The molecule has 0 saturated carbocycles. The summed E-state index contributed by atoms with van der Waals surface area (Å²) in [5.41, 5.74) is 4.41. The summed E-state index contributed by atoms with van der Waals surface area (Å²) >= 11 is 6.82. The Bertz CT molecular complexity index is 1470. The molecule has 1 amide bonds. The molecule has 8 heteroatoms. The summed E-state index contributed by atoms with van der Waals surface area (Å²) in [7, 11) is 1.51. The van der Waals surface area contributed by atoms with Gasteiger partial charge < -0.3 is 19.7 Å². The molecule has 2 aromatic carbocycles. The number of hydrogen-bond donors (Lipinski definition) is 1. The first-order chi connectivity index (χ1) is 20.3. The predicted molar refractivity (Wildman–Crippen MR) is 168 cm³/mol. The van der Waals surface area contributed by atoms with Crippen LogP contribution in [0.15, 0.2) is 65.0 Å². The minimum atomic E-state index is -0.549. The Labute approximate surface area is 259 Å². The fourth-order valence-electron chi connectivity index (χ4n) is 6.78. The van der Waals surface area contributed by atoms with Crippen LogP contribution in [0.3, 0.4) is 0 Å². The largest absolute Gasteiger partial charge is 0.493 e. The number of carbonyl (C=O) groups excluding carboxylic acids is 3. The van der Waals surface area contributed by atoms with Gasteiger partial charge in [-0.1, -0.05) is 64.4 Å². The Morgan fingerprint density at radius 2 is 1.53 bits per heavy atom. The first-order valence-electron chi connectivity index (χ1n) is 15.0. The van der Waals surface area contributed by atoms with E-state index in [1.807, 2.05) is 18.2 Å². The molecule has 0 bridgehead atoms. The number of Topliss-reactive ketones (excluding diaryl/α,β-unsaturated/α-hetero) is 2. The quantitative estimate of drug-likeness (QED) is 0.337. The van der Waals surface area contributed by atoms with Gasteiger partial charge in [0.1, 0.15) is 0 Å². The van der Waals surface area contributed by atoms with Gasteiger partial charge in [0.2, 0.25) is 0 Å². The number of carbonyl (C=O) groups is 3. The Hall–Kier alpha value is -3.58. The summed E-state index contributed by atoms with van der Waals surface area (Å²) in [6.07, 6.45) is 3.21. The van der Waals surface area contributed by atoms with Crippen molar-refractivity contribution in [3.8, 4) is 11.5 Å². The van der Waals surface area contributed by atoms with E-state index < -0.39 is 5.92 Å². The molecule has 1 aliphatic heterocycles. The van der Waals surface area contributed by atoms with Crippen LogP contribution in [0.1, 0.15) is 78.2 Å². The number of ketones is 2. The van der Waals surface area contributed by atoms with Crippen LogP contribution in [0, 0.1) is 10.8 Å². The van der Waals surface area contributed by atoms with Gasteiger partial charge in [-0.2, -0.15) is 0 Å². The van der Waals surface area contributed by atoms with E-state index in [9.17, 15) is 14.4 Å². The number of anilines is 1. The molecule has 0 fully saturated rings. The number of amides is 1. The summed E-state index contributed by atoms with van der Waals surface area (Å²) in [6.45, 7) is 11.1. The highest BCUT2D eigenvalue weighted by atomic mass is 35.5. The van der Waals surface area contributed by atoms with Crippen molar-refractivity contribution in [2.24, 2.45) is 10.8 Å². The molecule has 2 aliphatic carbocycles. The van der Waals surface area contributed by atoms with Crippen molar-refractivity contribution in [1.29, 1.82) is 0 Å². The number of hydrogen-bond acceptors (Lipinski definition) is 6. The molecule has 1 N–H and O–H groups in total. The van der Waals surface area contributed by atoms with Crippen molar-refractivity contribution in [2.75, 3.05) is 25.6 Å². The van der Waals surface area contributed by atoms with Gasteiger partial charge >= 0.3 is 0 Å². The van der Waals surface area contributed by atoms with Crippen LogP contribution in [0.2, 0.25) is 5.02 Å². The van der Waals surface area contributed by atoms with Gasteiger partial charge in [0.15, 0.2) is 29.7 Å². The fraction of sp³-hybridized carbons (Fsp3) is 0.457. The van der Waals surface area contributed by atoms with E-state index >= 15 is 0 Å². The van der Waals surface area contributed by atoms with Crippen molar-refractivity contribution in [3.05, 3.63) is 75.6 Å². The lowest BCUT2D eigenvalue weighted by Crippen LogP contribution is -2.44. The zero-order valence-corrected chi connectivity index (χ0v) is 26.7. The van der Waals surface area contributed by atoms with Gasteiger partial charge in [-0.25, -0.2) is 0 Å². The van der Waals surface area contributed by atoms with Crippen molar-refractivity contribution in [2.45, 2.75) is 72.6 Å². The number of rotatable bonds is 8. The summed E-state index contributed by atoms with van der Waals surface area (Å²) in [4.78, 5) is 42.8. The number of para-hydroxylation sites is 1. The maximum atomic E-state index is 14.0. The topological polar surface area (TPSA) is 84.9 Å². The number of nitrogens with zero attached hydrogens (tertiary/aromatic N) is 1. The molecule has 7 nitrogen and oxygen atoms in total. The minimum Gasteiger partial charge on any atom is -0.493 e. The number of benzene rings is 2. The second-order valence-electron chi connectivity index (χ2n) is 13.4. The lowest BCUT2D eigenvalue weighted by atomic mass is 9.63. The predicted octanol–water partition coefficient (Wildman–Crippen LogP) is 7.46. The average Bonchev–Trinajstić information content (AvgIpc) is 2.92. The third-order valence-electron chi connectivity index (χ3n) is 8.46. The highest BCUT2D eigenvalue weighted by molar-refractivity contribution is 6.32. The minimum absolute atomic E-state index is 0.0644. The molecule has 2 aromatic rings. The van der Waals surface area contributed by atoms with Crippen molar-refractivity contribution >= 4 is 34.8 Å².